The van der Waals surface area contributed by atoms with Crippen LogP contribution in [-0.2, 0) is 20.9 Å². The van der Waals surface area contributed by atoms with E-state index >= 15 is 0 Å². The Balaban J connectivity index is 1.60. The Labute approximate surface area is 173 Å². The molecule has 8 heteroatoms. The quantitative estimate of drug-likeness (QED) is 0.703. The topological polar surface area (TPSA) is 70.7 Å². The Kier molecular flexibility index (Phi) is 7.44. The van der Waals surface area contributed by atoms with Gasteiger partial charge in [-0.1, -0.05) is 35.9 Å². The van der Waals surface area contributed by atoms with Gasteiger partial charge in [0.15, 0.2) is 0 Å². The highest BCUT2D eigenvalue weighted by atomic mass is 35.5. The second-order valence-electron chi connectivity index (χ2n) is 6.64. The van der Waals surface area contributed by atoms with E-state index in [0.29, 0.717) is 18.2 Å². The molecule has 0 radical (unpaired) electrons. The van der Waals surface area contributed by atoms with E-state index < -0.39 is 11.8 Å². The lowest BCUT2D eigenvalue weighted by Crippen LogP contribution is -2.51. The number of nitrogens with zero attached hydrogens (tertiary/aromatic N) is 1. The fraction of sp³-hybridized carbons (Fsp3) is 0.400. The fourth-order valence-corrected chi connectivity index (χ4v) is 4.47. The minimum Gasteiger partial charge on any atom is -0.379 e. The SMILES string of the molecule is C[C@@H](NC(=O)C(=O)NCc1ccccc1Cl)[C@@H](c1cccs1)N1CCOCC1. The van der Waals surface area contributed by atoms with Crippen LogP contribution >= 0.6 is 22.9 Å². The molecule has 0 aliphatic carbocycles. The average molecular weight is 422 g/mol. The molecule has 1 saturated heterocycles. The highest BCUT2D eigenvalue weighted by Crippen LogP contribution is 2.29. The van der Waals surface area contributed by atoms with Crippen LogP contribution in [0.1, 0.15) is 23.4 Å². The van der Waals surface area contributed by atoms with Crippen LogP contribution in [0.2, 0.25) is 5.02 Å². The van der Waals surface area contributed by atoms with Gasteiger partial charge < -0.3 is 15.4 Å². The first-order chi connectivity index (χ1) is 13.6. The minimum absolute atomic E-state index is 0.00391. The highest BCUT2D eigenvalue weighted by molar-refractivity contribution is 7.10. The summed E-state index contributed by atoms with van der Waals surface area (Å²) in [5.41, 5.74) is 0.767. The van der Waals surface area contributed by atoms with Crippen molar-refractivity contribution < 1.29 is 14.3 Å². The van der Waals surface area contributed by atoms with Gasteiger partial charge in [0.2, 0.25) is 0 Å². The molecule has 0 bridgehead atoms. The molecule has 1 fully saturated rings. The number of hydrogen-bond donors (Lipinski definition) is 2. The van der Waals surface area contributed by atoms with E-state index in [-0.39, 0.29) is 18.6 Å². The van der Waals surface area contributed by atoms with Crippen molar-refractivity contribution in [1.29, 1.82) is 0 Å². The van der Waals surface area contributed by atoms with E-state index in [4.69, 9.17) is 16.3 Å². The van der Waals surface area contributed by atoms with Gasteiger partial charge in [0.05, 0.1) is 19.3 Å². The molecule has 1 aliphatic rings. The molecule has 6 nitrogen and oxygen atoms in total. The monoisotopic (exact) mass is 421 g/mol. The molecule has 1 aromatic carbocycles. The molecule has 1 aromatic heterocycles. The number of carbonyl (C=O) groups is 2. The molecule has 2 heterocycles. The largest absolute Gasteiger partial charge is 0.379 e. The third kappa shape index (κ3) is 5.32. The molecule has 2 N–H and O–H groups in total. The number of halogens is 1. The molecule has 0 unspecified atom stereocenters. The van der Waals surface area contributed by atoms with Crippen molar-refractivity contribution in [3.8, 4) is 0 Å². The van der Waals surface area contributed by atoms with E-state index in [0.717, 1.165) is 23.5 Å². The number of morpholine rings is 1. The summed E-state index contributed by atoms with van der Waals surface area (Å²) in [7, 11) is 0. The average Bonchev–Trinajstić information content (AvgIpc) is 3.22. The van der Waals surface area contributed by atoms with Crippen LogP contribution in [0.4, 0.5) is 0 Å². The number of thiophene rings is 1. The smallest absolute Gasteiger partial charge is 0.309 e. The Morgan fingerprint density at radius 2 is 1.93 bits per heavy atom. The first kappa shape index (κ1) is 20.8. The molecule has 1 aliphatic heterocycles. The standard InChI is InChI=1S/C20H24ClN3O3S/c1-14(18(17-7-4-12-28-17)24-8-10-27-11-9-24)23-20(26)19(25)22-13-15-5-2-3-6-16(15)21/h2-7,12,14,18H,8-11,13H2,1H3,(H,22,25)(H,23,26)/t14-,18+/m1/s1. The lowest BCUT2D eigenvalue weighted by molar-refractivity contribution is -0.140. The van der Waals surface area contributed by atoms with Gasteiger partial charge in [-0.2, -0.15) is 0 Å². The number of nitrogens with one attached hydrogen (secondary N) is 2. The Hall–Kier alpha value is -1.93. The number of rotatable bonds is 6. The van der Waals surface area contributed by atoms with Gasteiger partial charge in [-0.05, 0) is 30.0 Å². The zero-order chi connectivity index (χ0) is 19.9. The first-order valence-electron chi connectivity index (χ1n) is 9.23. The molecule has 2 amide bonds. The van der Waals surface area contributed by atoms with Crippen LogP contribution in [0, 0.1) is 0 Å². The molecule has 2 atom stereocenters. The molecule has 0 spiro atoms. The molecule has 3 rings (SSSR count). The molecule has 2 aromatic rings. The summed E-state index contributed by atoms with van der Waals surface area (Å²) in [6.07, 6.45) is 0. The number of benzene rings is 1. The Morgan fingerprint density at radius 1 is 1.18 bits per heavy atom. The second kappa shape index (κ2) is 10.0. The van der Waals surface area contributed by atoms with Gasteiger partial charge >= 0.3 is 11.8 Å². The van der Waals surface area contributed by atoms with Crippen molar-refractivity contribution >= 4 is 34.8 Å². The Morgan fingerprint density at radius 3 is 2.61 bits per heavy atom. The normalized spacial score (nSPS) is 16.9. The predicted octanol–water partition coefficient (Wildman–Crippen LogP) is 2.60. The van der Waals surface area contributed by atoms with Crippen LogP contribution in [-0.4, -0.2) is 49.1 Å². The maximum atomic E-state index is 12.4. The summed E-state index contributed by atoms with van der Waals surface area (Å²) >= 11 is 7.74. The van der Waals surface area contributed by atoms with Gasteiger partial charge in [-0.15, -0.1) is 11.3 Å². The van der Waals surface area contributed by atoms with Crippen molar-refractivity contribution in [3.63, 3.8) is 0 Å². The van der Waals surface area contributed by atoms with Crippen LogP contribution < -0.4 is 10.6 Å². The van der Waals surface area contributed by atoms with Crippen LogP contribution in [0.3, 0.4) is 0 Å². The van der Waals surface area contributed by atoms with Crippen molar-refractivity contribution in [1.82, 2.24) is 15.5 Å². The Bertz CT molecular complexity index is 794. The summed E-state index contributed by atoms with van der Waals surface area (Å²) in [6.45, 7) is 5.06. The number of hydrogen-bond acceptors (Lipinski definition) is 5. The number of carbonyl (C=O) groups excluding carboxylic acids is 2. The van der Waals surface area contributed by atoms with Crippen LogP contribution in [0.5, 0.6) is 0 Å². The highest BCUT2D eigenvalue weighted by Gasteiger charge is 2.30. The van der Waals surface area contributed by atoms with Crippen molar-refractivity contribution in [2.75, 3.05) is 26.3 Å². The van der Waals surface area contributed by atoms with Crippen molar-refractivity contribution in [3.05, 3.63) is 57.2 Å². The summed E-state index contributed by atoms with van der Waals surface area (Å²) in [6, 6.07) is 11.1. The molecule has 0 saturated carbocycles. The van der Waals surface area contributed by atoms with Gasteiger partial charge in [0.25, 0.3) is 0 Å². The third-order valence-corrected chi connectivity index (χ3v) is 6.02. The van der Waals surface area contributed by atoms with Crippen LogP contribution in [0.15, 0.2) is 41.8 Å². The lowest BCUT2D eigenvalue weighted by atomic mass is 10.1. The summed E-state index contributed by atoms with van der Waals surface area (Å²) in [5, 5.41) is 8.07. The minimum atomic E-state index is -0.668. The van der Waals surface area contributed by atoms with Crippen molar-refractivity contribution in [2.45, 2.75) is 25.6 Å². The zero-order valence-electron chi connectivity index (χ0n) is 15.7. The fourth-order valence-electron chi connectivity index (χ4n) is 3.31. The third-order valence-electron chi connectivity index (χ3n) is 4.71. The van der Waals surface area contributed by atoms with Gasteiger partial charge in [0, 0.05) is 35.6 Å². The van der Waals surface area contributed by atoms with Crippen molar-refractivity contribution in [2.24, 2.45) is 0 Å². The van der Waals surface area contributed by atoms with E-state index in [9.17, 15) is 9.59 Å². The van der Waals surface area contributed by atoms with Crippen LogP contribution in [0.25, 0.3) is 0 Å². The molecule has 28 heavy (non-hydrogen) atoms. The van der Waals surface area contributed by atoms with E-state index in [2.05, 4.69) is 21.6 Å². The maximum Gasteiger partial charge on any atom is 0.309 e. The number of ether oxygens (including phenoxy) is 1. The molecule has 150 valence electrons. The predicted molar refractivity (Wildman–Crippen MR) is 110 cm³/mol. The summed E-state index contributed by atoms with van der Waals surface area (Å²) < 4.78 is 5.45. The number of amides is 2. The van der Waals surface area contributed by atoms with Gasteiger partial charge in [-0.3, -0.25) is 14.5 Å². The van der Waals surface area contributed by atoms with Gasteiger partial charge in [-0.25, -0.2) is 0 Å². The molecular formula is C20H24ClN3O3S. The summed E-state index contributed by atoms with van der Waals surface area (Å²) in [5.74, 6) is -1.31. The van der Waals surface area contributed by atoms with E-state index in [1.807, 2.05) is 36.6 Å². The summed E-state index contributed by atoms with van der Waals surface area (Å²) in [4.78, 5) is 28.1. The maximum absolute atomic E-state index is 12.4. The van der Waals surface area contributed by atoms with E-state index in [1.165, 1.54) is 0 Å². The van der Waals surface area contributed by atoms with Gasteiger partial charge in [0.1, 0.15) is 0 Å². The lowest BCUT2D eigenvalue weighted by Gasteiger charge is -2.37. The zero-order valence-corrected chi connectivity index (χ0v) is 17.3. The second-order valence-corrected chi connectivity index (χ2v) is 8.03. The molecular weight excluding hydrogens is 398 g/mol. The first-order valence-corrected chi connectivity index (χ1v) is 10.5. The van der Waals surface area contributed by atoms with E-state index in [1.54, 1.807) is 17.4 Å².